The van der Waals surface area contributed by atoms with Crippen molar-refractivity contribution in [2.24, 2.45) is 0 Å². The van der Waals surface area contributed by atoms with E-state index in [-0.39, 0.29) is 23.4 Å². The van der Waals surface area contributed by atoms with Crippen molar-refractivity contribution in [3.05, 3.63) is 75.7 Å². The molecule has 20 nitrogen and oxygen atoms in total. The zero-order valence-electron chi connectivity index (χ0n) is 43.3. The quantitative estimate of drug-likeness (QED) is 0.0152. The lowest BCUT2D eigenvalue weighted by Crippen LogP contribution is -2.12. The highest BCUT2D eigenvalue weighted by molar-refractivity contribution is 7.99. The number of aryl methyl sites for hydroxylation is 2. The lowest BCUT2D eigenvalue weighted by molar-refractivity contribution is 0.0409. The molecule has 0 fully saturated rings. The molecule has 0 atom stereocenters. The maximum Gasteiger partial charge on any atom is 0.191 e. The zero-order chi connectivity index (χ0) is 54.6. The summed E-state index contributed by atoms with van der Waals surface area (Å²) in [6.07, 6.45) is 3.42. The number of hydrogen-bond donors (Lipinski definition) is 6. The van der Waals surface area contributed by atoms with Gasteiger partial charge in [0.25, 0.3) is 0 Å². The van der Waals surface area contributed by atoms with Gasteiger partial charge in [-0.05, 0) is 49.2 Å². The molecular weight excluding hydrogens is 1050 g/mol. The Morgan fingerprint density at radius 2 is 0.946 bits per heavy atom. The summed E-state index contributed by atoms with van der Waals surface area (Å²) in [5, 5.41) is 2.72. The third-order valence-electron chi connectivity index (χ3n) is 9.71. The number of rotatable bonds is 28. The monoisotopic (exact) mass is 1110 g/mol. The Balaban J connectivity index is 0.000000259. The standard InChI is InChI=1S/C28H37N9O4S3.C20H24FN5O2S2/c1-3-4-21-18(16-43-28-36-24(31)15-25(32)37-28)33-26(44-21)17-5-6-19(38-2)20(13-17)41-10-9-39-7-8-40-11-12-42-27-34-22(29)14-23(30)35-27;1-3-4-16-13(11-29-20-25-17(22)10-18(23)26-20)24-19(30-16)12-5-6-14(27-2)15(9-12)28-8-7-21/h5-6,13-15H,3-4,7-12,16H2,1-2H3,(H4,29,30,34,35)(H4,31,32,36,37);5-6,9-10H,3-4,7-8,11H2,1-2H3,(H4,22,23,25,26)/i;11D2. The van der Waals surface area contributed by atoms with Crippen LogP contribution in [0.25, 0.3) is 21.1 Å². The van der Waals surface area contributed by atoms with Gasteiger partial charge in [-0.25, -0.2) is 44.3 Å². The molecule has 7 aromatic rings. The minimum absolute atomic E-state index is 0.0907. The second-order valence-electron chi connectivity index (χ2n) is 15.4. The molecule has 5 aromatic heterocycles. The van der Waals surface area contributed by atoms with Gasteiger partial charge in [0, 0.05) is 59.0 Å². The number of anilines is 6. The summed E-state index contributed by atoms with van der Waals surface area (Å²) < 4.78 is 63.5. The molecule has 0 bridgehead atoms. The van der Waals surface area contributed by atoms with E-state index in [1.165, 1.54) is 65.0 Å². The highest BCUT2D eigenvalue weighted by Crippen LogP contribution is 2.39. The first-order valence-corrected chi connectivity index (χ1v) is 27.5. The average molecular weight is 1110 g/mol. The van der Waals surface area contributed by atoms with Gasteiger partial charge in [0.05, 0.1) is 52.0 Å². The Kier molecular flexibility index (Phi) is 21.7. The van der Waals surface area contributed by atoms with Crippen molar-refractivity contribution < 1.29 is 35.6 Å². The molecule has 7 rings (SSSR count). The lowest BCUT2D eigenvalue weighted by Gasteiger charge is -2.12. The van der Waals surface area contributed by atoms with E-state index in [4.69, 9.17) is 70.5 Å². The normalized spacial score (nSPS) is 11.6. The van der Waals surface area contributed by atoms with E-state index >= 15 is 0 Å². The van der Waals surface area contributed by atoms with Gasteiger partial charge in [-0.15, -0.1) is 22.7 Å². The van der Waals surface area contributed by atoms with E-state index in [0.29, 0.717) is 118 Å². The predicted molar refractivity (Wildman–Crippen MR) is 297 cm³/mol. The van der Waals surface area contributed by atoms with Gasteiger partial charge < -0.3 is 62.8 Å². The number of nitrogens with zero attached hydrogens (tertiary/aromatic N) is 8. The number of aromatic nitrogens is 8. The number of ether oxygens (including phenoxy) is 6. The van der Waals surface area contributed by atoms with Gasteiger partial charge in [0.2, 0.25) is 0 Å². The van der Waals surface area contributed by atoms with E-state index in [2.05, 4.69) is 41.8 Å². The van der Waals surface area contributed by atoms with Crippen LogP contribution >= 0.6 is 58.0 Å². The Morgan fingerprint density at radius 1 is 0.514 bits per heavy atom. The smallest absolute Gasteiger partial charge is 0.191 e. The van der Waals surface area contributed by atoms with Crippen molar-refractivity contribution in [1.82, 2.24) is 39.9 Å². The topological polar surface area (TPSA) is 315 Å². The Morgan fingerprint density at radius 3 is 1.43 bits per heavy atom. The van der Waals surface area contributed by atoms with E-state index < -0.39 is 12.4 Å². The van der Waals surface area contributed by atoms with Crippen molar-refractivity contribution in [1.29, 1.82) is 0 Å². The minimum atomic E-state index is -1.92. The molecule has 0 aliphatic heterocycles. The number of hydrogen-bond acceptors (Lipinski definition) is 25. The fourth-order valence-corrected chi connectivity index (χ4v) is 11.2. The van der Waals surface area contributed by atoms with Crippen molar-refractivity contribution in [2.75, 3.05) is 101 Å². The van der Waals surface area contributed by atoms with Crippen molar-refractivity contribution in [2.45, 2.75) is 66.5 Å². The first-order chi connectivity index (χ1) is 36.6. The Bertz CT molecular complexity index is 2920. The number of thiazole rings is 2. The van der Waals surface area contributed by atoms with Crippen LogP contribution in [0.15, 0.2) is 70.1 Å². The zero-order valence-corrected chi connectivity index (χ0v) is 45.4. The SMILES string of the molecule is CCCc1sc(-c2ccc(OC)c(OCCOCCOCCSc3nc(N)cc(N)n3)c2)nc1CSc1nc(N)cc(N)n1.[2H]C([2H])(Sc1nc(N)cc(N)n1)c1nc(-c2ccc(OC)c(OCCF)c2)sc1CCC. The van der Waals surface area contributed by atoms with E-state index in [1.54, 1.807) is 30.6 Å². The van der Waals surface area contributed by atoms with Gasteiger partial charge in [-0.3, -0.25) is 0 Å². The molecule has 5 heterocycles. The maximum atomic E-state index is 12.6. The molecule has 0 unspecified atom stereocenters. The fraction of sp³-hybridized carbons (Fsp3) is 0.375. The summed E-state index contributed by atoms with van der Waals surface area (Å²) >= 11 is 6.77. The van der Waals surface area contributed by atoms with Gasteiger partial charge >= 0.3 is 0 Å². The van der Waals surface area contributed by atoms with Crippen LogP contribution in [0.4, 0.5) is 39.3 Å². The van der Waals surface area contributed by atoms with Crippen molar-refractivity contribution in [3.8, 4) is 44.1 Å². The molecule has 74 heavy (non-hydrogen) atoms. The molecule has 0 aliphatic carbocycles. The van der Waals surface area contributed by atoms with Crippen LogP contribution < -0.4 is 53.3 Å². The number of benzene rings is 2. The lowest BCUT2D eigenvalue weighted by atomic mass is 10.2. The molecule has 0 aliphatic rings. The summed E-state index contributed by atoms with van der Waals surface area (Å²) in [6, 6.07) is 15.5. The van der Waals surface area contributed by atoms with E-state index in [9.17, 15) is 4.39 Å². The number of methoxy groups -OCH3 is 2. The van der Waals surface area contributed by atoms with E-state index in [1.807, 2.05) is 31.2 Å². The van der Waals surface area contributed by atoms with Crippen LogP contribution in [-0.2, 0) is 33.8 Å². The predicted octanol–water partition coefficient (Wildman–Crippen LogP) is 8.54. The Labute approximate surface area is 452 Å². The van der Waals surface area contributed by atoms with Crippen molar-refractivity contribution in [3.63, 3.8) is 0 Å². The fourth-order valence-electron chi connectivity index (χ4n) is 6.50. The van der Waals surface area contributed by atoms with Crippen LogP contribution in [0, 0.1) is 0 Å². The second kappa shape index (κ2) is 29.7. The summed E-state index contributed by atoms with van der Waals surface area (Å²) in [4.78, 5) is 36.5. The molecule has 0 saturated heterocycles. The summed E-state index contributed by atoms with van der Waals surface area (Å²) in [5.74, 6) is 5.16. The first-order valence-electron chi connectivity index (χ1n) is 24.1. The average Bonchev–Trinajstić information content (AvgIpc) is 4.00. The third kappa shape index (κ3) is 17.8. The molecule has 0 spiro atoms. The maximum absolute atomic E-state index is 12.6. The molecule has 0 radical (unpaired) electrons. The highest BCUT2D eigenvalue weighted by atomic mass is 32.2. The van der Waals surface area contributed by atoms with Crippen molar-refractivity contribution >= 4 is 92.9 Å². The van der Waals surface area contributed by atoms with Gasteiger partial charge in [-0.2, -0.15) is 0 Å². The number of nitrogen functional groups attached to an aromatic ring is 6. The summed E-state index contributed by atoms with van der Waals surface area (Å²) in [5.41, 5.74) is 35.5. The molecule has 0 amide bonds. The first kappa shape index (κ1) is 54.1. The van der Waals surface area contributed by atoms with E-state index in [0.717, 1.165) is 57.7 Å². The van der Waals surface area contributed by atoms with Crippen LogP contribution in [0.3, 0.4) is 0 Å². The molecule has 0 saturated carbocycles. The largest absolute Gasteiger partial charge is 0.493 e. The summed E-state index contributed by atoms with van der Waals surface area (Å²) in [6.45, 7) is 5.64. The van der Waals surface area contributed by atoms with Crippen LogP contribution in [0.5, 0.6) is 23.0 Å². The Hall–Kier alpha value is -6.16. The number of nitrogens with two attached hydrogens (primary N) is 6. The molecule has 26 heteroatoms. The van der Waals surface area contributed by atoms with Gasteiger partial charge in [0.15, 0.2) is 38.5 Å². The van der Waals surface area contributed by atoms with Crippen LogP contribution in [-0.4, -0.2) is 106 Å². The minimum Gasteiger partial charge on any atom is -0.493 e. The van der Waals surface area contributed by atoms with Crippen LogP contribution in [0.2, 0.25) is 0 Å². The number of halogens is 1. The van der Waals surface area contributed by atoms with Gasteiger partial charge in [0.1, 0.15) is 64.8 Å². The number of thioether (sulfide) groups is 3. The third-order valence-corrected chi connectivity index (χ3v) is 14.4. The van der Waals surface area contributed by atoms with Gasteiger partial charge in [-0.1, -0.05) is 62.0 Å². The molecule has 396 valence electrons. The number of alkyl halides is 1. The van der Waals surface area contributed by atoms with Crippen LogP contribution in [0.1, 0.15) is 50.6 Å². The molecule has 12 N–H and O–H groups in total. The molecular formula is C48H61FN14O6S5. The second-order valence-corrected chi connectivity index (χ2v) is 20.3. The molecule has 2 aromatic carbocycles. The summed E-state index contributed by atoms with van der Waals surface area (Å²) in [7, 11) is 3.13. The highest BCUT2D eigenvalue weighted by Gasteiger charge is 2.18.